The van der Waals surface area contributed by atoms with Gasteiger partial charge < -0.3 is 9.15 Å². The molecule has 0 saturated carbocycles. The summed E-state index contributed by atoms with van der Waals surface area (Å²) in [7, 11) is -3.75. The minimum absolute atomic E-state index is 0.0985. The first-order chi connectivity index (χ1) is 15.2. The molecule has 0 amide bonds. The highest BCUT2D eigenvalue weighted by molar-refractivity contribution is 7.91. The Morgan fingerprint density at radius 1 is 1.06 bits per heavy atom. The summed E-state index contributed by atoms with van der Waals surface area (Å²) >= 11 is 0. The first kappa shape index (κ1) is 23.4. The maximum absolute atomic E-state index is 12.6. The normalized spacial score (nSPS) is 11.3. The second kappa shape index (κ2) is 9.91. The number of oxazole rings is 1. The molecular weight excluding hydrogens is 430 g/mol. The number of benzene rings is 2. The number of hydrogen-bond donors (Lipinski definition) is 0. The predicted octanol–water partition coefficient (Wildman–Crippen LogP) is 3.86. The van der Waals surface area contributed by atoms with Crippen LogP contribution in [0.2, 0.25) is 0 Å². The molecule has 0 aliphatic rings. The van der Waals surface area contributed by atoms with Crippen LogP contribution in [-0.4, -0.2) is 37.5 Å². The Morgan fingerprint density at radius 2 is 1.81 bits per heavy atom. The van der Waals surface area contributed by atoms with E-state index in [-0.39, 0.29) is 18.8 Å². The molecule has 0 aliphatic carbocycles. The van der Waals surface area contributed by atoms with E-state index in [2.05, 4.69) is 4.98 Å². The minimum Gasteiger partial charge on any atom is -0.462 e. The van der Waals surface area contributed by atoms with E-state index < -0.39 is 27.3 Å². The van der Waals surface area contributed by atoms with Gasteiger partial charge in [0, 0.05) is 12.0 Å². The van der Waals surface area contributed by atoms with Crippen molar-refractivity contribution in [3.8, 4) is 11.5 Å². The van der Waals surface area contributed by atoms with Gasteiger partial charge in [-0.3, -0.25) is 4.79 Å². The highest BCUT2D eigenvalue weighted by Gasteiger charge is 2.23. The molecule has 0 atom stereocenters. The van der Waals surface area contributed by atoms with Crippen molar-refractivity contribution in [2.75, 3.05) is 12.4 Å². The molecule has 3 rings (SSSR count). The van der Waals surface area contributed by atoms with Crippen LogP contribution in [0, 0.1) is 13.8 Å². The lowest BCUT2D eigenvalue weighted by molar-refractivity contribution is -0.116. The van der Waals surface area contributed by atoms with Gasteiger partial charge in [-0.1, -0.05) is 30.3 Å². The van der Waals surface area contributed by atoms with Crippen LogP contribution in [0.15, 0.2) is 52.9 Å². The number of aromatic nitrogens is 1. The van der Waals surface area contributed by atoms with Gasteiger partial charge in [-0.25, -0.2) is 18.2 Å². The van der Waals surface area contributed by atoms with Gasteiger partial charge in [0.1, 0.15) is 11.5 Å². The summed E-state index contributed by atoms with van der Waals surface area (Å²) in [6.45, 7) is 5.52. The van der Waals surface area contributed by atoms with Gasteiger partial charge in [-0.2, -0.15) is 0 Å². The zero-order chi connectivity index (χ0) is 23.3. The number of carbonyl (C=O) groups excluding carboxylic acids is 2. The smallest absolute Gasteiger partial charge is 0.338 e. The van der Waals surface area contributed by atoms with E-state index in [4.69, 9.17) is 9.15 Å². The van der Waals surface area contributed by atoms with Gasteiger partial charge in [0.25, 0.3) is 0 Å². The van der Waals surface area contributed by atoms with Crippen LogP contribution in [0.5, 0.6) is 0 Å². The van der Waals surface area contributed by atoms with Crippen LogP contribution in [0.4, 0.5) is 0 Å². The largest absolute Gasteiger partial charge is 0.462 e. The first-order valence-electron chi connectivity index (χ1n) is 10.2. The SMILES string of the molecule is CCOC(=O)c1cccc(CC(=O)CS(=O)(=O)Cc2nc(-c3ccccc3C)oc2C)c1. The maximum atomic E-state index is 12.6. The van der Waals surface area contributed by atoms with Gasteiger partial charge in [-0.15, -0.1) is 0 Å². The average molecular weight is 456 g/mol. The van der Waals surface area contributed by atoms with Crippen molar-refractivity contribution in [3.05, 3.63) is 76.7 Å². The lowest BCUT2D eigenvalue weighted by Crippen LogP contribution is -2.20. The number of nitrogens with zero attached hydrogens (tertiary/aromatic N) is 1. The molecule has 0 radical (unpaired) electrons. The van der Waals surface area contributed by atoms with Crippen LogP contribution in [0.25, 0.3) is 11.5 Å². The third-order valence-electron chi connectivity index (χ3n) is 4.85. The summed E-state index contributed by atoms with van der Waals surface area (Å²) < 4.78 is 35.9. The van der Waals surface area contributed by atoms with Crippen molar-refractivity contribution in [2.24, 2.45) is 0 Å². The van der Waals surface area contributed by atoms with Crippen molar-refractivity contribution in [3.63, 3.8) is 0 Å². The van der Waals surface area contributed by atoms with E-state index in [9.17, 15) is 18.0 Å². The Labute approximate surface area is 187 Å². The number of ketones is 1. The van der Waals surface area contributed by atoms with Crippen LogP contribution in [0.3, 0.4) is 0 Å². The summed E-state index contributed by atoms with van der Waals surface area (Å²) in [5.41, 5.74) is 2.91. The fraction of sp³-hybridized carbons (Fsp3) is 0.292. The summed E-state index contributed by atoms with van der Waals surface area (Å²) in [5, 5.41) is 0. The van der Waals surface area contributed by atoms with Gasteiger partial charge in [-0.05, 0) is 50.1 Å². The zero-order valence-corrected chi connectivity index (χ0v) is 19.1. The fourth-order valence-corrected chi connectivity index (χ4v) is 4.68. The van der Waals surface area contributed by atoms with Crippen LogP contribution in [-0.2, 0) is 31.5 Å². The summed E-state index contributed by atoms with van der Waals surface area (Å²) in [6.07, 6.45) is -0.0985. The number of aryl methyl sites for hydroxylation is 2. The van der Waals surface area contributed by atoms with Gasteiger partial charge in [0.2, 0.25) is 5.89 Å². The molecule has 7 nitrogen and oxygen atoms in total. The second-order valence-electron chi connectivity index (χ2n) is 7.51. The molecular formula is C24H25NO6S. The average Bonchev–Trinajstić information content (AvgIpc) is 3.07. The molecule has 0 fully saturated rings. The van der Waals surface area contributed by atoms with Crippen molar-refractivity contribution in [1.29, 1.82) is 0 Å². The highest BCUT2D eigenvalue weighted by Crippen LogP contribution is 2.25. The van der Waals surface area contributed by atoms with Gasteiger partial charge >= 0.3 is 5.97 Å². The van der Waals surface area contributed by atoms with Crippen molar-refractivity contribution in [2.45, 2.75) is 32.9 Å². The van der Waals surface area contributed by atoms with E-state index in [1.165, 1.54) is 0 Å². The number of esters is 1. The first-order valence-corrected chi connectivity index (χ1v) is 12.0. The minimum atomic E-state index is -3.75. The van der Waals surface area contributed by atoms with Crippen molar-refractivity contribution in [1.82, 2.24) is 4.98 Å². The molecule has 1 heterocycles. The molecule has 0 N–H and O–H groups in total. The number of Topliss-reactive ketones (excluding diaryl/α,β-unsaturated/α-hetero) is 1. The molecule has 0 saturated heterocycles. The quantitative estimate of drug-likeness (QED) is 0.451. The van der Waals surface area contributed by atoms with E-state index >= 15 is 0 Å². The number of ether oxygens (including phenoxy) is 1. The summed E-state index contributed by atoms with van der Waals surface area (Å²) in [6, 6.07) is 14.0. The van der Waals surface area contributed by atoms with Crippen LogP contribution < -0.4 is 0 Å². The molecule has 32 heavy (non-hydrogen) atoms. The highest BCUT2D eigenvalue weighted by atomic mass is 32.2. The third-order valence-corrected chi connectivity index (χ3v) is 6.32. The molecule has 0 spiro atoms. The van der Waals surface area contributed by atoms with Gasteiger partial charge in [0.05, 0.1) is 23.6 Å². The lowest BCUT2D eigenvalue weighted by Gasteiger charge is -2.06. The predicted molar refractivity (Wildman–Crippen MR) is 120 cm³/mol. The Kier molecular flexibility index (Phi) is 7.25. The fourth-order valence-electron chi connectivity index (χ4n) is 3.30. The molecule has 8 heteroatoms. The molecule has 1 aromatic heterocycles. The van der Waals surface area contributed by atoms with E-state index in [0.29, 0.717) is 28.5 Å². The van der Waals surface area contributed by atoms with Gasteiger partial charge in [0.15, 0.2) is 15.6 Å². The molecule has 3 aromatic rings. The standard InChI is InChI=1S/C24H25NO6S/c1-4-30-24(27)19-10-7-9-18(12-19)13-20(26)14-32(28,29)15-22-17(3)31-23(25-22)21-11-6-5-8-16(21)2/h5-12H,4,13-15H2,1-3H3. The van der Waals surface area contributed by atoms with Crippen LogP contribution in [0.1, 0.15) is 39.9 Å². The van der Waals surface area contributed by atoms with E-state index in [1.54, 1.807) is 38.1 Å². The Morgan fingerprint density at radius 3 is 2.53 bits per heavy atom. The molecule has 0 aliphatic heterocycles. The molecule has 2 aromatic carbocycles. The topological polar surface area (TPSA) is 104 Å². The zero-order valence-electron chi connectivity index (χ0n) is 18.3. The van der Waals surface area contributed by atoms with E-state index in [0.717, 1.165) is 11.1 Å². The Hall–Kier alpha value is -3.26. The number of carbonyl (C=O) groups is 2. The summed E-state index contributed by atoms with van der Waals surface area (Å²) in [5.74, 6) is -1.20. The second-order valence-corrected chi connectivity index (χ2v) is 9.57. The Balaban J connectivity index is 1.68. The molecule has 0 unspecified atom stereocenters. The van der Waals surface area contributed by atoms with Crippen molar-refractivity contribution >= 4 is 21.6 Å². The van der Waals surface area contributed by atoms with Crippen LogP contribution >= 0.6 is 0 Å². The number of rotatable bonds is 9. The monoisotopic (exact) mass is 455 g/mol. The third kappa shape index (κ3) is 5.91. The lowest BCUT2D eigenvalue weighted by atomic mass is 10.1. The molecule has 168 valence electrons. The number of sulfone groups is 1. The molecule has 0 bridgehead atoms. The number of hydrogen-bond acceptors (Lipinski definition) is 7. The van der Waals surface area contributed by atoms with Crippen molar-refractivity contribution < 1.29 is 27.2 Å². The Bertz CT molecular complexity index is 1240. The summed E-state index contributed by atoms with van der Waals surface area (Å²) in [4.78, 5) is 28.7. The van der Waals surface area contributed by atoms with E-state index in [1.807, 2.05) is 31.2 Å². The maximum Gasteiger partial charge on any atom is 0.338 e.